The van der Waals surface area contributed by atoms with Crippen molar-refractivity contribution in [2.24, 2.45) is 0 Å². The molecule has 4 N–H and O–H groups in total. The Morgan fingerprint density at radius 2 is 1.83 bits per heavy atom. The van der Waals surface area contributed by atoms with E-state index in [0.717, 1.165) is 0 Å². The lowest BCUT2D eigenvalue weighted by molar-refractivity contribution is -0.303. The van der Waals surface area contributed by atoms with Crippen molar-refractivity contribution in [1.29, 1.82) is 0 Å². The lowest BCUT2D eigenvalue weighted by atomic mass is 9.99. The van der Waals surface area contributed by atoms with Crippen LogP contribution in [0.1, 0.15) is 27.2 Å². The first-order valence-electron chi connectivity index (χ1n) is 9.54. The smallest absolute Gasteiger partial charge is 0.410 e. The van der Waals surface area contributed by atoms with Gasteiger partial charge in [0.05, 0.1) is 25.4 Å². The zero-order chi connectivity index (χ0) is 21.9. The molecule has 11 nitrogen and oxygen atoms in total. The molecule has 2 fully saturated rings. The second-order valence-corrected chi connectivity index (χ2v) is 8.30. The van der Waals surface area contributed by atoms with Crippen LogP contribution in [0.2, 0.25) is 0 Å². The number of hydrogen-bond acceptors (Lipinski definition) is 10. The van der Waals surface area contributed by atoms with Crippen LogP contribution in [0, 0.1) is 0 Å². The lowest BCUT2D eigenvalue weighted by Gasteiger charge is -2.41. The Labute approximate surface area is 170 Å². The second kappa shape index (κ2) is 9.84. The molecule has 29 heavy (non-hydrogen) atoms. The van der Waals surface area contributed by atoms with Gasteiger partial charge in [-0.25, -0.2) is 4.79 Å². The van der Waals surface area contributed by atoms with Gasteiger partial charge in [0.1, 0.15) is 30.0 Å². The first-order valence-corrected chi connectivity index (χ1v) is 9.54. The van der Waals surface area contributed by atoms with Gasteiger partial charge in [0, 0.05) is 20.6 Å². The van der Waals surface area contributed by atoms with Gasteiger partial charge in [0.25, 0.3) is 0 Å². The number of methoxy groups -OCH3 is 1. The number of carbonyl (C=O) groups is 1. The van der Waals surface area contributed by atoms with Crippen LogP contribution in [0.25, 0.3) is 0 Å². The first kappa shape index (κ1) is 24.2. The van der Waals surface area contributed by atoms with Crippen LogP contribution < -0.4 is 0 Å². The van der Waals surface area contributed by atoms with Gasteiger partial charge in [-0.3, -0.25) is 0 Å². The molecule has 0 spiro atoms. The molecule has 0 aromatic rings. The Balaban J connectivity index is 1.86. The number of likely N-dealkylation sites (N-methyl/N-ethyl adjacent to an activating group) is 1. The number of amides is 1. The highest BCUT2D eigenvalue weighted by Crippen LogP contribution is 2.25. The summed E-state index contributed by atoms with van der Waals surface area (Å²) < 4.78 is 26.9. The molecule has 2 aliphatic rings. The van der Waals surface area contributed by atoms with E-state index in [1.807, 2.05) is 0 Å². The van der Waals surface area contributed by atoms with Crippen LogP contribution >= 0.6 is 0 Å². The van der Waals surface area contributed by atoms with Crippen molar-refractivity contribution < 1.29 is 48.9 Å². The normalized spacial score (nSPS) is 38.5. The molecule has 170 valence electrons. The van der Waals surface area contributed by atoms with E-state index in [2.05, 4.69) is 0 Å². The molecule has 2 saturated heterocycles. The number of aliphatic hydroxyl groups is 4. The Morgan fingerprint density at radius 3 is 2.38 bits per heavy atom. The van der Waals surface area contributed by atoms with Crippen molar-refractivity contribution in [2.75, 3.05) is 27.4 Å². The summed E-state index contributed by atoms with van der Waals surface area (Å²) in [6.45, 7) is 5.19. The van der Waals surface area contributed by atoms with E-state index in [-0.39, 0.29) is 19.6 Å². The van der Waals surface area contributed by atoms with Gasteiger partial charge in [-0.2, -0.15) is 0 Å². The van der Waals surface area contributed by atoms with E-state index in [1.165, 1.54) is 19.1 Å². The summed E-state index contributed by atoms with van der Waals surface area (Å²) in [5.41, 5.74) is -0.655. The zero-order valence-electron chi connectivity index (χ0n) is 17.4. The fourth-order valence-electron chi connectivity index (χ4n) is 3.24. The molecule has 1 amide bonds. The number of rotatable bonds is 5. The maximum absolute atomic E-state index is 12.2. The summed E-state index contributed by atoms with van der Waals surface area (Å²) in [5, 5.41) is 39.8. The molecule has 0 aromatic heterocycles. The Hall–Kier alpha value is -1.05. The highest BCUT2D eigenvalue weighted by atomic mass is 16.7. The van der Waals surface area contributed by atoms with Crippen molar-refractivity contribution in [3.05, 3.63) is 0 Å². The third kappa shape index (κ3) is 6.22. The van der Waals surface area contributed by atoms with Gasteiger partial charge < -0.3 is 49.0 Å². The average molecular weight is 423 g/mol. The zero-order valence-corrected chi connectivity index (χ0v) is 17.4. The van der Waals surface area contributed by atoms with E-state index >= 15 is 0 Å². The van der Waals surface area contributed by atoms with Gasteiger partial charge >= 0.3 is 6.09 Å². The van der Waals surface area contributed by atoms with Gasteiger partial charge in [-0.15, -0.1) is 0 Å². The molecule has 8 atom stereocenters. The Bertz CT molecular complexity index is 541. The van der Waals surface area contributed by atoms with Gasteiger partial charge in [0.2, 0.25) is 0 Å². The van der Waals surface area contributed by atoms with Crippen molar-refractivity contribution >= 4 is 6.09 Å². The number of ether oxygens (including phenoxy) is 5. The number of nitrogens with zero attached hydrogens (tertiary/aromatic N) is 1. The molecule has 0 radical (unpaired) electrons. The Kier molecular flexibility index (Phi) is 8.22. The maximum Gasteiger partial charge on any atom is 0.410 e. The molecule has 0 aliphatic carbocycles. The van der Waals surface area contributed by atoms with Crippen molar-refractivity contribution in [1.82, 2.24) is 4.90 Å². The van der Waals surface area contributed by atoms with Crippen LogP contribution in [0.4, 0.5) is 4.79 Å². The lowest BCUT2D eigenvalue weighted by Crippen LogP contribution is -2.59. The molecular weight excluding hydrogens is 390 g/mol. The van der Waals surface area contributed by atoms with Gasteiger partial charge in [0.15, 0.2) is 12.6 Å². The van der Waals surface area contributed by atoms with Crippen LogP contribution in [0.15, 0.2) is 0 Å². The Morgan fingerprint density at radius 1 is 1.17 bits per heavy atom. The standard InChI is InChI=1S/C18H33NO10/c1-18(2,3)29-17(24)19(4)9-7-26-12(6-10(9)20)27-8-11-15(25-5)13(21)14(22)16(23)28-11/h9-16,20-23H,6-8H2,1-5H3/t9-,10-,11+,12-,13+,14+,15+,16?/m0/s1. The predicted molar refractivity (Wildman–Crippen MR) is 97.8 cm³/mol. The summed E-state index contributed by atoms with van der Waals surface area (Å²) in [6, 6.07) is -0.596. The summed E-state index contributed by atoms with van der Waals surface area (Å²) in [6.07, 6.45) is -8.33. The van der Waals surface area contributed by atoms with Crippen molar-refractivity contribution in [3.8, 4) is 0 Å². The van der Waals surface area contributed by atoms with Crippen LogP contribution in [0.3, 0.4) is 0 Å². The highest BCUT2D eigenvalue weighted by molar-refractivity contribution is 5.68. The quantitative estimate of drug-likeness (QED) is 0.425. The van der Waals surface area contributed by atoms with Gasteiger partial charge in [-0.05, 0) is 20.8 Å². The monoisotopic (exact) mass is 423 g/mol. The van der Waals surface area contributed by atoms with Gasteiger partial charge in [-0.1, -0.05) is 0 Å². The molecular formula is C18H33NO10. The number of hydrogen-bond donors (Lipinski definition) is 4. The fraction of sp³-hybridized carbons (Fsp3) is 0.944. The minimum atomic E-state index is -1.57. The molecule has 11 heteroatoms. The topological polar surface area (TPSA) is 147 Å². The largest absolute Gasteiger partial charge is 0.444 e. The summed E-state index contributed by atoms with van der Waals surface area (Å²) in [7, 11) is 2.87. The van der Waals surface area contributed by atoms with Crippen molar-refractivity contribution in [2.45, 2.75) is 81.9 Å². The van der Waals surface area contributed by atoms with Crippen molar-refractivity contribution in [3.63, 3.8) is 0 Å². The molecule has 0 saturated carbocycles. The van der Waals surface area contributed by atoms with E-state index < -0.39 is 60.8 Å². The number of carbonyl (C=O) groups excluding carboxylic acids is 1. The first-order chi connectivity index (χ1) is 13.4. The average Bonchev–Trinajstić information content (AvgIpc) is 2.62. The van der Waals surface area contributed by atoms with E-state index in [9.17, 15) is 25.2 Å². The predicted octanol–water partition coefficient (Wildman–Crippen LogP) is -1.20. The van der Waals surface area contributed by atoms with E-state index in [0.29, 0.717) is 0 Å². The molecule has 0 aromatic carbocycles. The molecule has 1 unspecified atom stereocenters. The van der Waals surface area contributed by atoms with E-state index in [1.54, 1.807) is 20.8 Å². The SMILES string of the molecule is CO[C@H]1[C@H](O)[C@@H](O)C(O)O[C@@H]1CO[C@H]1C[C@H](O)[C@@H](N(C)C(=O)OC(C)(C)C)CO1. The van der Waals surface area contributed by atoms with E-state index in [4.69, 9.17) is 23.7 Å². The number of aliphatic hydroxyl groups excluding tert-OH is 4. The minimum Gasteiger partial charge on any atom is -0.444 e. The summed E-state index contributed by atoms with van der Waals surface area (Å²) >= 11 is 0. The summed E-state index contributed by atoms with van der Waals surface area (Å²) in [4.78, 5) is 13.5. The maximum atomic E-state index is 12.2. The second-order valence-electron chi connectivity index (χ2n) is 8.30. The minimum absolute atomic E-state index is 0.0325. The summed E-state index contributed by atoms with van der Waals surface area (Å²) in [5.74, 6) is 0. The third-order valence-corrected chi connectivity index (χ3v) is 4.89. The highest BCUT2D eigenvalue weighted by Gasteiger charge is 2.45. The molecule has 0 bridgehead atoms. The van der Waals surface area contributed by atoms with Crippen LogP contribution in [0.5, 0.6) is 0 Å². The molecule has 2 heterocycles. The van der Waals surface area contributed by atoms with Crippen LogP contribution in [-0.4, -0.2) is 114 Å². The molecule has 2 rings (SSSR count). The van der Waals surface area contributed by atoms with Crippen LogP contribution in [-0.2, 0) is 23.7 Å². The third-order valence-electron chi connectivity index (χ3n) is 4.89. The fourth-order valence-corrected chi connectivity index (χ4v) is 3.24. The molecule has 2 aliphatic heterocycles.